The number of hydrogen-bond acceptors (Lipinski definition) is 9. The molecule has 0 radical (unpaired) electrons. The normalized spacial score (nSPS) is 15.8. The Hall–Kier alpha value is -3.59. The first-order chi connectivity index (χ1) is 15.8. The molecular formula is C20H15BN2O9S2. The van der Waals surface area contributed by atoms with Crippen LogP contribution in [0.5, 0.6) is 11.5 Å². The molecule has 2 aliphatic heterocycles. The molecule has 0 aliphatic carbocycles. The molecule has 14 heteroatoms. The molecule has 174 valence electrons. The van der Waals surface area contributed by atoms with Gasteiger partial charge in [-0.3, -0.25) is 9.11 Å². The molecule has 2 aliphatic rings. The summed E-state index contributed by atoms with van der Waals surface area (Å²) in [6.45, 7) is 0. The van der Waals surface area contributed by atoms with E-state index >= 15 is 0 Å². The second-order valence-electron chi connectivity index (χ2n) is 7.89. The van der Waals surface area contributed by atoms with E-state index in [0.717, 1.165) is 5.46 Å². The number of fused-ring (bicyclic) bond motifs is 6. The fourth-order valence-electron chi connectivity index (χ4n) is 4.48. The van der Waals surface area contributed by atoms with Crippen LogP contribution in [0.1, 0.15) is 27.0 Å². The number of benzene rings is 3. The highest BCUT2D eigenvalue weighted by Crippen LogP contribution is 2.59. The minimum absolute atomic E-state index is 0.0381. The molecule has 0 bridgehead atoms. The molecule has 0 amide bonds. The molecule has 0 saturated heterocycles. The summed E-state index contributed by atoms with van der Waals surface area (Å²) in [5, 5.41) is 0. The van der Waals surface area contributed by atoms with Gasteiger partial charge in [0.25, 0.3) is 20.2 Å². The minimum atomic E-state index is -5.01. The van der Waals surface area contributed by atoms with Crippen LogP contribution in [0.15, 0.2) is 52.3 Å². The van der Waals surface area contributed by atoms with E-state index in [1.807, 2.05) is 0 Å². The van der Waals surface area contributed by atoms with E-state index in [9.17, 15) is 30.7 Å². The molecule has 5 rings (SSSR count). The maximum absolute atomic E-state index is 13.0. The molecule has 3 aromatic rings. The van der Waals surface area contributed by atoms with E-state index in [0.29, 0.717) is 0 Å². The number of hydrogen-bond donors (Lipinski definition) is 4. The predicted molar refractivity (Wildman–Crippen MR) is 121 cm³/mol. The lowest BCUT2D eigenvalue weighted by Gasteiger charge is -2.37. The molecule has 0 saturated carbocycles. The molecule has 1 spiro atoms. The van der Waals surface area contributed by atoms with E-state index in [1.165, 1.54) is 24.3 Å². The van der Waals surface area contributed by atoms with Crippen molar-refractivity contribution < 1.29 is 40.2 Å². The number of carbonyl (C=O) groups is 1. The lowest BCUT2D eigenvalue weighted by molar-refractivity contribution is 0.0221. The summed E-state index contributed by atoms with van der Waals surface area (Å²) in [7, 11) is -8.28. The van der Waals surface area contributed by atoms with Crippen LogP contribution in [0, 0.1) is 0 Å². The minimum Gasteiger partial charge on any atom is -0.453 e. The van der Waals surface area contributed by atoms with Crippen LogP contribution in [0.3, 0.4) is 0 Å². The highest BCUT2D eigenvalue weighted by molar-refractivity contribution is 7.86. The number of esters is 1. The van der Waals surface area contributed by atoms with Crippen molar-refractivity contribution in [2.45, 2.75) is 15.4 Å². The van der Waals surface area contributed by atoms with Crippen molar-refractivity contribution in [2.24, 2.45) is 0 Å². The lowest BCUT2D eigenvalue weighted by Crippen LogP contribution is -2.34. The third-order valence-electron chi connectivity index (χ3n) is 5.78. The van der Waals surface area contributed by atoms with Crippen molar-refractivity contribution in [1.82, 2.24) is 0 Å². The smallest absolute Gasteiger partial charge is 0.340 e. The number of carbonyl (C=O) groups excluding carboxylic acids is 1. The van der Waals surface area contributed by atoms with Gasteiger partial charge in [-0.15, -0.1) is 0 Å². The molecule has 11 nitrogen and oxygen atoms in total. The summed E-state index contributed by atoms with van der Waals surface area (Å²) in [6.07, 6.45) is 0. The van der Waals surface area contributed by atoms with Crippen molar-refractivity contribution in [2.75, 3.05) is 11.5 Å². The molecular weight excluding hydrogens is 487 g/mol. The Labute approximate surface area is 194 Å². The maximum Gasteiger partial charge on any atom is 0.340 e. The van der Waals surface area contributed by atoms with E-state index in [1.54, 1.807) is 26.0 Å². The molecule has 0 aromatic heterocycles. The standard InChI is InChI=1S/C20H15BN2O9S2/c21-8-1-2-10-9(7-8)19(24)32-20(10)11-3-5-13(22)17(33(25,26)27)15(11)31-16-12(20)4-6-14(23)18(16)34(28,29)30/h1-7H,21-23H2,(H,25,26,27)(H,28,29,30). The summed E-state index contributed by atoms with van der Waals surface area (Å²) in [6, 6.07) is 9.85. The van der Waals surface area contributed by atoms with Crippen LogP contribution in [0.4, 0.5) is 11.4 Å². The van der Waals surface area contributed by atoms with Crippen LogP contribution < -0.4 is 21.7 Å². The quantitative estimate of drug-likeness (QED) is 0.161. The summed E-state index contributed by atoms with van der Waals surface area (Å²) in [5.74, 6) is -1.92. The summed E-state index contributed by atoms with van der Waals surface area (Å²) in [5.41, 5.74) is 9.96. The SMILES string of the molecule is Bc1ccc2c(c1)C(=O)OC21c2ccc(N)c(S(=O)(=O)O)c2Oc2c1ccc(N)c2S(=O)(=O)O. The van der Waals surface area contributed by atoms with Gasteiger partial charge in [-0.1, -0.05) is 23.7 Å². The van der Waals surface area contributed by atoms with Crippen LogP contribution in [0.2, 0.25) is 0 Å². The third-order valence-corrected chi connectivity index (χ3v) is 7.66. The van der Waals surface area contributed by atoms with Crippen LogP contribution in [-0.2, 0) is 30.6 Å². The maximum atomic E-state index is 13.0. The molecule has 34 heavy (non-hydrogen) atoms. The van der Waals surface area contributed by atoms with Crippen LogP contribution >= 0.6 is 0 Å². The number of nitrogen functional groups attached to an aromatic ring is 2. The van der Waals surface area contributed by atoms with Gasteiger partial charge in [-0.2, -0.15) is 16.8 Å². The third kappa shape index (κ3) is 2.86. The number of rotatable bonds is 2. The van der Waals surface area contributed by atoms with Crippen molar-refractivity contribution in [3.63, 3.8) is 0 Å². The first-order valence-corrected chi connectivity index (χ1v) is 12.5. The first-order valence-electron chi connectivity index (χ1n) is 9.60. The van der Waals surface area contributed by atoms with Crippen molar-refractivity contribution >= 4 is 50.9 Å². The highest BCUT2D eigenvalue weighted by atomic mass is 32.2. The average Bonchev–Trinajstić information content (AvgIpc) is 2.98. The molecule has 3 aromatic carbocycles. The fraction of sp³-hybridized carbons (Fsp3) is 0.0500. The van der Waals surface area contributed by atoms with Gasteiger partial charge >= 0.3 is 5.97 Å². The van der Waals surface area contributed by atoms with Gasteiger partial charge in [0.2, 0.25) is 0 Å². The number of nitrogens with two attached hydrogens (primary N) is 2. The van der Waals surface area contributed by atoms with Crippen LogP contribution in [-0.4, -0.2) is 39.8 Å². The van der Waals surface area contributed by atoms with E-state index < -0.39 is 64.5 Å². The Kier molecular flexibility index (Phi) is 4.40. The number of anilines is 2. The van der Waals surface area contributed by atoms with Crippen LogP contribution in [0.25, 0.3) is 0 Å². The molecule has 2 heterocycles. The largest absolute Gasteiger partial charge is 0.453 e. The fourth-order valence-corrected chi connectivity index (χ4v) is 5.98. The molecule has 0 fully saturated rings. The van der Waals surface area contributed by atoms with Gasteiger partial charge in [-0.05, 0) is 24.3 Å². The Bertz CT molecular complexity index is 1580. The zero-order valence-electron chi connectivity index (χ0n) is 17.3. The van der Waals surface area contributed by atoms with Gasteiger partial charge in [0.15, 0.2) is 26.9 Å². The first kappa shape index (κ1) is 22.2. The van der Waals surface area contributed by atoms with E-state index in [-0.39, 0.29) is 22.3 Å². The van der Waals surface area contributed by atoms with Crippen molar-refractivity contribution in [1.29, 1.82) is 0 Å². The topological polar surface area (TPSA) is 196 Å². The van der Waals surface area contributed by atoms with Gasteiger partial charge in [0, 0.05) is 16.7 Å². The Morgan fingerprint density at radius 2 is 1.26 bits per heavy atom. The lowest BCUT2D eigenvalue weighted by atomic mass is 9.76. The van der Waals surface area contributed by atoms with Crippen molar-refractivity contribution in [3.05, 3.63) is 64.7 Å². The van der Waals surface area contributed by atoms with Gasteiger partial charge in [-0.25, -0.2) is 4.79 Å². The second kappa shape index (κ2) is 6.73. The Morgan fingerprint density at radius 1 is 0.794 bits per heavy atom. The summed E-state index contributed by atoms with van der Waals surface area (Å²) < 4.78 is 80.2. The van der Waals surface area contributed by atoms with E-state index in [4.69, 9.17) is 20.9 Å². The zero-order chi connectivity index (χ0) is 24.8. The summed E-state index contributed by atoms with van der Waals surface area (Å²) >= 11 is 0. The molecule has 6 N–H and O–H groups in total. The molecule has 0 unspecified atom stereocenters. The van der Waals surface area contributed by atoms with Gasteiger partial charge in [0.1, 0.15) is 7.85 Å². The Morgan fingerprint density at radius 3 is 1.74 bits per heavy atom. The Balaban J connectivity index is 2.03. The van der Waals surface area contributed by atoms with Crippen molar-refractivity contribution in [3.8, 4) is 11.5 Å². The predicted octanol–water partition coefficient (Wildman–Crippen LogP) is 0.171. The summed E-state index contributed by atoms with van der Waals surface area (Å²) in [4.78, 5) is 11.2. The van der Waals surface area contributed by atoms with Gasteiger partial charge < -0.3 is 20.9 Å². The molecule has 0 atom stereocenters. The van der Waals surface area contributed by atoms with E-state index in [2.05, 4.69) is 0 Å². The second-order valence-corrected chi connectivity index (χ2v) is 10.6. The average molecular weight is 502 g/mol. The monoisotopic (exact) mass is 502 g/mol. The number of ether oxygens (including phenoxy) is 2. The zero-order valence-corrected chi connectivity index (χ0v) is 18.9. The van der Waals surface area contributed by atoms with Gasteiger partial charge in [0.05, 0.1) is 16.9 Å². The highest BCUT2D eigenvalue weighted by Gasteiger charge is 2.55.